The maximum absolute atomic E-state index is 10.6. The first kappa shape index (κ1) is 26.3. The minimum Gasteiger partial charge on any atom is -0.399 e. The van der Waals surface area contributed by atoms with Crippen LogP contribution in [0.5, 0.6) is 0 Å². The van der Waals surface area contributed by atoms with Gasteiger partial charge in [-0.2, -0.15) is 0 Å². The number of aryl methyl sites for hydroxylation is 2. The van der Waals surface area contributed by atoms with Crippen molar-refractivity contribution >= 4 is 34.8 Å². The molecule has 6 nitrogen and oxygen atoms in total. The number of halogens is 1. The molecule has 0 spiro atoms. The normalized spacial score (nSPS) is 9.14. The fraction of sp³-hybridized carbons (Fsp3) is 0.364. The Morgan fingerprint density at radius 1 is 0.793 bits per heavy atom. The maximum Gasteiger partial charge on any atom is 0.216 e. The lowest BCUT2D eigenvalue weighted by Crippen LogP contribution is -2.26. The molecule has 7 heteroatoms. The number of hydrogen-bond acceptors (Lipinski definition) is 4. The first-order valence-corrected chi connectivity index (χ1v) is 9.95. The van der Waals surface area contributed by atoms with Crippen molar-refractivity contribution in [2.75, 3.05) is 36.6 Å². The van der Waals surface area contributed by atoms with E-state index < -0.39 is 0 Å². The predicted molar refractivity (Wildman–Crippen MR) is 123 cm³/mol. The van der Waals surface area contributed by atoms with Gasteiger partial charge in [0.05, 0.1) is 0 Å². The first-order valence-electron chi connectivity index (χ1n) is 9.42. The van der Waals surface area contributed by atoms with Gasteiger partial charge in [0.1, 0.15) is 0 Å². The largest absolute Gasteiger partial charge is 0.399 e. The second-order valence-electron chi connectivity index (χ2n) is 6.36. The lowest BCUT2D eigenvalue weighted by atomic mass is 10.2. The van der Waals surface area contributed by atoms with E-state index in [0.717, 1.165) is 17.9 Å². The second kappa shape index (κ2) is 16.2. The van der Waals surface area contributed by atoms with E-state index in [1.54, 1.807) is 0 Å². The highest BCUT2D eigenvalue weighted by Crippen LogP contribution is 2.07. The number of nitrogens with two attached hydrogens (primary N) is 1. The van der Waals surface area contributed by atoms with Crippen LogP contribution in [0, 0.1) is 13.8 Å². The molecule has 0 saturated heterocycles. The Kier molecular flexibility index (Phi) is 14.7. The van der Waals surface area contributed by atoms with Crippen molar-refractivity contribution in [2.45, 2.75) is 27.7 Å². The lowest BCUT2D eigenvalue weighted by Gasteiger charge is -2.06. The van der Waals surface area contributed by atoms with Crippen LogP contribution in [0.1, 0.15) is 25.0 Å². The van der Waals surface area contributed by atoms with Gasteiger partial charge in [-0.1, -0.05) is 35.4 Å². The zero-order chi connectivity index (χ0) is 22.1. The van der Waals surface area contributed by atoms with Crippen molar-refractivity contribution in [1.82, 2.24) is 10.6 Å². The van der Waals surface area contributed by atoms with Gasteiger partial charge in [0.25, 0.3) is 0 Å². The number of alkyl halides is 1. The third-order valence-electron chi connectivity index (χ3n) is 3.43. The Hall–Kier alpha value is -2.73. The monoisotopic (exact) mass is 420 g/mol. The molecule has 0 aromatic heterocycles. The fourth-order valence-corrected chi connectivity index (χ4v) is 2.00. The van der Waals surface area contributed by atoms with Gasteiger partial charge in [-0.05, 0) is 38.1 Å². The zero-order valence-corrected chi connectivity index (χ0v) is 18.5. The van der Waals surface area contributed by atoms with Gasteiger partial charge in [-0.3, -0.25) is 9.59 Å². The van der Waals surface area contributed by atoms with Gasteiger partial charge in [0, 0.05) is 50.7 Å². The number of rotatable bonds is 6. The number of nitrogens with one attached hydrogen (secondary N) is 3. The summed E-state index contributed by atoms with van der Waals surface area (Å²) in [5, 5.41) is 8.46. The topological polar surface area (TPSA) is 96.2 Å². The zero-order valence-electron chi connectivity index (χ0n) is 17.7. The molecule has 160 valence electrons. The van der Waals surface area contributed by atoms with E-state index >= 15 is 0 Å². The van der Waals surface area contributed by atoms with Gasteiger partial charge in [0.15, 0.2) is 0 Å². The molecule has 2 rings (SSSR count). The number of carbonyl (C=O) groups is 2. The average Bonchev–Trinajstić information content (AvgIpc) is 2.68. The number of anilines is 2. The van der Waals surface area contributed by atoms with Crippen LogP contribution in [0.15, 0.2) is 48.5 Å². The van der Waals surface area contributed by atoms with Crippen LogP contribution in [-0.2, 0) is 9.59 Å². The van der Waals surface area contributed by atoms with Gasteiger partial charge in [0.2, 0.25) is 11.8 Å². The van der Waals surface area contributed by atoms with E-state index in [9.17, 15) is 9.59 Å². The number of carbonyl (C=O) groups excluding carboxylic acids is 2. The molecule has 0 saturated carbocycles. The summed E-state index contributed by atoms with van der Waals surface area (Å²) in [4.78, 5) is 20.6. The Balaban J connectivity index is 0.000000444. The molecule has 5 N–H and O–H groups in total. The smallest absolute Gasteiger partial charge is 0.216 e. The summed E-state index contributed by atoms with van der Waals surface area (Å²) in [6.07, 6.45) is 0. The molecular weight excluding hydrogens is 388 g/mol. The quantitative estimate of drug-likeness (QED) is 0.327. The molecule has 0 unspecified atom stereocenters. The summed E-state index contributed by atoms with van der Waals surface area (Å²) in [5.74, 6) is 0.468. The number of benzene rings is 2. The lowest BCUT2D eigenvalue weighted by molar-refractivity contribution is -0.119. The van der Waals surface area contributed by atoms with Crippen LogP contribution in [0.2, 0.25) is 0 Å². The van der Waals surface area contributed by atoms with Crippen molar-refractivity contribution < 1.29 is 9.59 Å². The van der Waals surface area contributed by atoms with Crippen LogP contribution < -0.4 is 21.7 Å². The van der Waals surface area contributed by atoms with Crippen LogP contribution in [-0.4, -0.2) is 37.3 Å². The molecule has 2 aromatic carbocycles. The maximum atomic E-state index is 10.6. The third-order valence-corrected chi connectivity index (χ3v) is 3.61. The predicted octanol–water partition coefficient (Wildman–Crippen LogP) is 3.48. The molecule has 0 radical (unpaired) electrons. The van der Waals surface area contributed by atoms with Crippen LogP contribution in [0.25, 0.3) is 0 Å². The molecule has 29 heavy (non-hydrogen) atoms. The number of amides is 2. The van der Waals surface area contributed by atoms with Crippen LogP contribution >= 0.6 is 11.6 Å². The van der Waals surface area contributed by atoms with E-state index in [1.807, 2.05) is 43.3 Å². The standard InChI is InChI=1S/C11H16N2O.C7H9N.C4H8ClNO/c1-9-3-5-11(6-4-9)13-8-7-12-10(2)14;1-6-2-4-7(8)5-3-6;1-4(7)6-3-2-5/h3-6,13H,7-8H2,1-2H3,(H,12,14);2-5H,8H2,1H3;2-3H2,1H3,(H,6,7). The molecule has 2 amide bonds. The van der Waals surface area contributed by atoms with Gasteiger partial charge < -0.3 is 21.7 Å². The summed E-state index contributed by atoms with van der Waals surface area (Å²) >= 11 is 5.23. The van der Waals surface area contributed by atoms with Crippen LogP contribution in [0.4, 0.5) is 11.4 Å². The minimum absolute atomic E-state index is 0.00991. The SMILES string of the molecule is CC(=O)NCCCl.CC(=O)NCCNc1ccc(C)cc1.Cc1ccc(N)cc1. The summed E-state index contributed by atoms with van der Waals surface area (Å²) in [6, 6.07) is 16.0. The van der Waals surface area contributed by atoms with Crippen molar-refractivity contribution in [3.63, 3.8) is 0 Å². The van der Waals surface area contributed by atoms with Gasteiger partial charge >= 0.3 is 0 Å². The van der Waals surface area contributed by atoms with Crippen molar-refractivity contribution in [1.29, 1.82) is 0 Å². The summed E-state index contributed by atoms with van der Waals surface area (Å²) < 4.78 is 0. The number of nitrogen functional groups attached to an aromatic ring is 1. The first-order chi connectivity index (χ1) is 13.7. The molecule has 0 heterocycles. The van der Waals surface area contributed by atoms with E-state index in [4.69, 9.17) is 17.3 Å². The molecule has 2 aromatic rings. The molecule has 0 atom stereocenters. The summed E-state index contributed by atoms with van der Waals surface area (Å²) in [6.45, 7) is 9.06. The molecule has 0 fully saturated rings. The summed E-state index contributed by atoms with van der Waals surface area (Å²) in [7, 11) is 0. The Labute approximate surface area is 179 Å². The molecule has 0 aliphatic carbocycles. The van der Waals surface area contributed by atoms with E-state index in [1.165, 1.54) is 25.0 Å². The molecular formula is C22H33ClN4O2. The summed E-state index contributed by atoms with van der Waals surface area (Å²) in [5.41, 5.74) is 9.84. The van der Waals surface area contributed by atoms with E-state index in [-0.39, 0.29) is 11.8 Å². The van der Waals surface area contributed by atoms with Gasteiger partial charge in [-0.25, -0.2) is 0 Å². The van der Waals surface area contributed by atoms with Crippen molar-refractivity contribution in [2.24, 2.45) is 0 Å². The second-order valence-corrected chi connectivity index (χ2v) is 6.74. The fourth-order valence-electron chi connectivity index (χ4n) is 1.91. The van der Waals surface area contributed by atoms with Crippen LogP contribution in [0.3, 0.4) is 0 Å². The Morgan fingerprint density at radius 3 is 1.62 bits per heavy atom. The van der Waals surface area contributed by atoms with E-state index in [0.29, 0.717) is 19.0 Å². The average molecular weight is 421 g/mol. The highest BCUT2D eigenvalue weighted by atomic mass is 35.5. The highest BCUT2D eigenvalue weighted by Gasteiger charge is 1.92. The van der Waals surface area contributed by atoms with Gasteiger partial charge in [-0.15, -0.1) is 11.6 Å². The Morgan fingerprint density at radius 2 is 1.24 bits per heavy atom. The molecule has 0 bridgehead atoms. The molecule has 0 aliphatic rings. The van der Waals surface area contributed by atoms with Crippen molar-refractivity contribution in [3.8, 4) is 0 Å². The third kappa shape index (κ3) is 17.1. The van der Waals surface area contributed by atoms with Crippen molar-refractivity contribution in [3.05, 3.63) is 59.7 Å². The molecule has 0 aliphatic heterocycles. The highest BCUT2D eigenvalue weighted by molar-refractivity contribution is 6.18. The Bertz CT molecular complexity index is 683. The minimum atomic E-state index is -0.0272. The van der Waals surface area contributed by atoms with E-state index in [2.05, 4.69) is 35.0 Å². The number of hydrogen-bond donors (Lipinski definition) is 4.